The van der Waals surface area contributed by atoms with Gasteiger partial charge in [-0.15, -0.1) is 0 Å². The summed E-state index contributed by atoms with van der Waals surface area (Å²) in [5.41, 5.74) is 2.41. The van der Waals surface area contributed by atoms with Crippen LogP contribution in [0.15, 0.2) is 48.5 Å². The zero-order valence-electron chi connectivity index (χ0n) is 16.5. The van der Waals surface area contributed by atoms with Gasteiger partial charge in [-0.1, -0.05) is 43.7 Å². The van der Waals surface area contributed by atoms with Crippen LogP contribution in [0.2, 0.25) is 0 Å². The molecule has 0 radical (unpaired) electrons. The molecule has 2 aromatic rings. The van der Waals surface area contributed by atoms with E-state index in [0.717, 1.165) is 24.0 Å². The Labute approximate surface area is 166 Å². The van der Waals surface area contributed by atoms with Crippen LogP contribution in [0.4, 0.5) is 0 Å². The standard InChI is InChI=1S/C23H28O5/c1-3-7-17(12-15-22(24)25)18-10-13-20(14-11-18)28-16-19-8-5-6-9-21(19)23(26)27-4-2/h5-6,8-11,13-14,17H,3-4,7,12,15-16H2,1-2H3,(H,24,25). The molecule has 1 unspecified atom stereocenters. The Bertz CT molecular complexity index is 767. The van der Waals surface area contributed by atoms with Gasteiger partial charge in [0, 0.05) is 12.0 Å². The lowest BCUT2D eigenvalue weighted by Crippen LogP contribution is -2.09. The Balaban J connectivity index is 2.03. The van der Waals surface area contributed by atoms with E-state index in [1.165, 1.54) is 0 Å². The molecule has 0 aliphatic rings. The van der Waals surface area contributed by atoms with Crippen molar-refractivity contribution < 1.29 is 24.2 Å². The van der Waals surface area contributed by atoms with Crippen molar-refractivity contribution in [1.29, 1.82) is 0 Å². The van der Waals surface area contributed by atoms with Crippen molar-refractivity contribution in [1.82, 2.24) is 0 Å². The lowest BCUT2D eigenvalue weighted by atomic mass is 9.90. The highest BCUT2D eigenvalue weighted by molar-refractivity contribution is 5.91. The number of carboxylic acids is 1. The molecular weight excluding hydrogens is 356 g/mol. The van der Waals surface area contributed by atoms with Crippen molar-refractivity contribution in [2.45, 2.75) is 52.1 Å². The molecule has 0 saturated carbocycles. The highest BCUT2D eigenvalue weighted by atomic mass is 16.5. The van der Waals surface area contributed by atoms with E-state index in [4.69, 9.17) is 14.6 Å². The van der Waals surface area contributed by atoms with Crippen LogP contribution in [-0.2, 0) is 16.1 Å². The fraction of sp³-hybridized carbons (Fsp3) is 0.391. The Hall–Kier alpha value is -2.82. The van der Waals surface area contributed by atoms with Crippen LogP contribution < -0.4 is 4.74 Å². The molecule has 0 bridgehead atoms. The predicted octanol–water partition coefficient (Wildman–Crippen LogP) is 5.19. The Morgan fingerprint density at radius 1 is 1.00 bits per heavy atom. The van der Waals surface area contributed by atoms with Gasteiger partial charge in [-0.25, -0.2) is 4.79 Å². The van der Waals surface area contributed by atoms with Gasteiger partial charge in [-0.2, -0.15) is 0 Å². The molecule has 28 heavy (non-hydrogen) atoms. The molecule has 0 heterocycles. The van der Waals surface area contributed by atoms with Gasteiger partial charge in [0.15, 0.2) is 0 Å². The Morgan fingerprint density at radius 2 is 1.71 bits per heavy atom. The summed E-state index contributed by atoms with van der Waals surface area (Å²) in [5, 5.41) is 8.94. The summed E-state index contributed by atoms with van der Waals surface area (Å²) in [6.07, 6.45) is 2.78. The molecule has 2 aromatic carbocycles. The molecule has 0 saturated heterocycles. The summed E-state index contributed by atoms with van der Waals surface area (Å²) in [5.74, 6) is -0.171. The summed E-state index contributed by atoms with van der Waals surface area (Å²) < 4.78 is 10.9. The average Bonchev–Trinajstić information content (AvgIpc) is 2.70. The van der Waals surface area contributed by atoms with Crippen molar-refractivity contribution in [3.8, 4) is 5.75 Å². The lowest BCUT2D eigenvalue weighted by molar-refractivity contribution is -0.137. The molecule has 0 aromatic heterocycles. The summed E-state index contributed by atoms with van der Waals surface area (Å²) in [6, 6.07) is 15.0. The van der Waals surface area contributed by atoms with E-state index in [2.05, 4.69) is 6.92 Å². The summed E-state index contributed by atoms with van der Waals surface area (Å²) in [4.78, 5) is 22.9. The molecule has 0 fully saturated rings. The SMILES string of the molecule is CCCC(CCC(=O)O)c1ccc(OCc2ccccc2C(=O)OCC)cc1. The monoisotopic (exact) mass is 384 g/mol. The van der Waals surface area contributed by atoms with E-state index in [-0.39, 0.29) is 24.9 Å². The minimum atomic E-state index is -0.763. The predicted molar refractivity (Wildman–Crippen MR) is 108 cm³/mol. The van der Waals surface area contributed by atoms with Gasteiger partial charge >= 0.3 is 11.9 Å². The van der Waals surface area contributed by atoms with E-state index in [1.54, 1.807) is 19.1 Å². The number of hydrogen-bond donors (Lipinski definition) is 1. The summed E-state index contributed by atoms with van der Waals surface area (Å²) in [7, 11) is 0. The number of benzene rings is 2. The number of esters is 1. The fourth-order valence-corrected chi connectivity index (χ4v) is 3.18. The molecule has 5 heteroatoms. The molecule has 0 spiro atoms. The van der Waals surface area contributed by atoms with Gasteiger partial charge in [-0.3, -0.25) is 4.79 Å². The number of hydrogen-bond acceptors (Lipinski definition) is 4. The molecule has 0 aliphatic carbocycles. The first kappa shape index (κ1) is 21.5. The van der Waals surface area contributed by atoms with E-state index in [1.807, 2.05) is 36.4 Å². The molecule has 0 amide bonds. The Kier molecular flexibility index (Phi) is 8.53. The van der Waals surface area contributed by atoms with Crippen molar-refractivity contribution in [2.75, 3.05) is 6.61 Å². The first-order chi connectivity index (χ1) is 13.5. The minimum absolute atomic E-state index is 0.174. The highest BCUT2D eigenvalue weighted by Gasteiger charge is 2.14. The van der Waals surface area contributed by atoms with Crippen molar-refractivity contribution in [3.05, 3.63) is 65.2 Å². The lowest BCUT2D eigenvalue weighted by Gasteiger charge is -2.16. The average molecular weight is 384 g/mol. The fourth-order valence-electron chi connectivity index (χ4n) is 3.18. The van der Waals surface area contributed by atoms with E-state index < -0.39 is 5.97 Å². The van der Waals surface area contributed by atoms with Crippen LogP contribution in [0.3, 0.4) is 0 Å². The summed E-state index contributed by atoms with van der Waals surface area (Å²) >= 11 is 0. The van der Waals surface area contributed by atoms with Gasteiger partial charge in [0.05, 0.1) is 12.2 Å². The minimum Gasteiger partial charge on any atom is -0.489 e. The molecule has 1 atom stereocenters. The van der Waals surface area contributed by atoms with Gasteiger partial charge in [0.2, 0.25) is 0 Å². The second-order valence-corrected chi connectivity index (χ2v) is 6.65. The number of carbonyl (C=O) groups excluding carboxylic acids is 1. The number of aliphatic carboxylic acids is 1. The molecular formula is C23H28O5. The normalized spacial score (nSPS) is 11.6. The van der Waals surface area contributed by atoms with E-state index in [9.17, 15) is 9.59 Å². The maximum absolute atomic E-state index is 12.0. The third-order valence-electron chi connectivity index (χ3n) is 4.60. The van der Waals surface area contributed by atoms with E-state index in [0.29, 0.717) is 24.3 Å². The first-order valence-electron chi connectivity index (χ1n) is 9.74. The highest BCUT2D eigenvalue weighted by Crippen LogP contribution is 2.28. The van der Waals surface area contributed by atoms with Crippen LogP contribution >= 0.6 is 0 Å². The summed E-state index contributed by atoms with van der Waals surface area (Å²) in [6.45, 7) is 4.48. The third kappa shape index (κ3) is 6.41. The van der Waals surface area contributed by atoms with Gasteiger partial charge < -0.3 is 14.6 Å². The zero-order chi connectivity index (χ0) is 20.4. The number of ether oxygens (including phenoxy) is 2. The van der Waals surface area contributed by atoms with Crippen molar-refractivity contribution in [3.63, 3.8) is 0 Å². The largest absolute Gasteiger partial charge is 0.489 e. The second-order valence-electron chi connectivity index (χ2n) is 6.65. The maximum Gasteiger partial charge on any atom is 0.338 e. The molecule has 2 rings (SSSR count). The number of carbonyl (C=O) groups is 2. The maximum atomic E-state index is 12.0. The zero-order valence-corrected chi connectivity index (χ0v) is 16.5. The van der Waals surface area contributed by atoms with Crippen LogP contribution in [0, 0.1) is 0 Å². The van der Waals surface area contributed by atoms with Gasteiger partial charge in [-0.05, 0) is 49.4 Å². The smallest absolute Gasteiger partial charge is 0.338 e. The van der Waals surface area contributed by atoms with Crippen LogP contribution in [0.25, 0.3) is 0 Å². The molecule has 1 N–H and O–H groups in total. The Morgan fingerprint density at radius 3 is 2.36 bits per heavy atom. The van der Waals surface area contributed by atoms with Crippen molar-refractivity contribution >= 4 is 11.9 Å². The quantitative estimate of drug-likeness (QED) is 0.540. The van der Waals surface area contributed by atoms with Crippen LogP contribution in [0.1, 0.15) is 66.9 Å². The molecule has 5 nitrogen and oxygen atoms in total. The topological polar surface area (TPSA) is 72.8 Å². The number of carboxylic acid groups (broad SMARTS) is 1. The van der Waals surface area contributed by atoms with Gasteiger partial charge in [0.1, 0.15) is 12.4 Å². The second kappa shape index (κ2) is 11.1. The van der Waals surface area contributed by atoms with Crippen LogP contribution in [0.5, 0.6) is 5.75 Å². The van der Waals surface area contributed by atoms with Crippen molar-refractivity contribution in [2.24, 2.45) is 0 Å². The first-order valence-corrected chi connectivity index (χ1v) is 9.74. The third-order valence-corrected chi connectivity index (χ3v) is 4.60. The van der Waals surface area contributed by atoms with E-state index >= 15 is 0 Å². The van der Waals surface area contributed by atoms with Crippen LogP contribution in [-0.4, -0.2) is 23.7 Å². The molecule has 150 valence electrons. The van der Waals surface area contributed by atoms with Gasteiger partial charge in [0.25, 0.3) is 0 Å². The number of rotatable bonds is 11. The molecule has 0 aliphatic heterocycles.